The van der Waals surface area contributed by atoms with Crippen molar-refractivity contribution in [2.24, 2.45) is 27.8 Å². The first-order valence-electron chi connectivity index (χ1n) is 18.4. The minimum atomic E-state index is -1.36. The molecule has 10 nitrogen and oxygen atoms in total. The van der Waals surface area contributed by atoms with E-state index >= 15 is 0 Å². The largest absolute Gasteiger partial charge is 0.504 e. The maximum atomic E-state index is 14.7. The van der Waals surface area contributed by atoms with Gasteiger partial charge in [0.2, 0.25) is 11.8 Å². The van der Waals surface area contributed by atoms with Crippen LogP contribution in [0.15, 0.2) is 53.7 Å². The number of likely N-dealkylation sites (tertiary alicyclic amines) is 1. The quantitative estimate of drug-likeness (QED) is 0.124. The van der Waals surface area contributed by atoms with Crippen LogP contribution in [0, 0.1) is 27.6 Å². The Morgan fingerprint density at radius 1 is 0.960 bits per heavy atom. The summed E-state index contributed by atoms with van der Waals surface area (Å²) in [4.78, 5) is 56.1. The molecule has 1 heterocycles. The highest BCUT2D eigenvalue weighted by Crippen LogP contribution is 2.57. The van der Waals surface area contributed by atoms with Gasteiger partial charge in [-0.3, -0.25) is 9.59 Å². The normalized spacial score (nSPS) is 25.0. The number of hydrogen-bond donors (Lipinski definition) is 3. The smallest absolute Gasteiger partial charge is 0.329 e. The third kappa shape index (κ3) is 8.00. The van der Waals surface area contributed by atoms with Crippen molar-refractivity contribution in [1.29, 1.82) is 0 Å². The van der Waals surface area contributed by atoms with Gasteiger partial charge in [-0.2, -0.15) is 0 Å². The van der Waals surface area contributed by atoms with Crippen LogP contribution in [0.2, 0.25) is 0 Å². The second kappa shape index (κ2) is 15.5. The fourth-order valence-electron chi connectivity index (χ4n) is 8.65. The van der Waals surface area contributed by atoms with E-state index in [0.29, 0.717) is 24.4 Å². The Hall–Kier alpha value is -3.95. The van der Waals surface area contributed by atoms with Crippen LogP contribution in [0.4, 0.5) is 0 Å². The molecule has 0 spiro atoms. The first-order valence-corrected chi connectivity index (χ1v) is 18.4. The van der Waals surface area contributed by atoms with E-state index in [2.05, 4.69) is 38.2 Å². The van der Waals surface area contributed by atoms with Gasteiger partial charge in [0.25, 0.3) is 0 Å². The Bertz CT molecular complexity index is 1520. The Kier molecular flexibility index (Phi) is 11.6. The summed E-state index contributed by atoms with van der Waals surface area (Å²) in [6, 6.07) is 10.7. The first-order chi connectivity index (χ1) is 23.7. The van der Waals surface area contributed by atoms with Crippen LogP contribution in [-0.4, -0.2) is 63.7 Å². The summed E-state index contributed by atoms with van der Waals surface area (Å²) in [7, 11) is 0. The molecule has 272 valence electrons. The molecular weight excluding hydrogens is 634 g/mol. The van der Waals surface area contributed by atoms with Crippen LogP contribution in [0.1, 0.15) is 109 Å². The first kappa shape index (κ1) is 37.3. The molecular formula is C40H55N3O7. The lowest BCUT2D eigenvalue weighted by Gasteiger charge is -2.40. The van der Waals surface area contributed by atoms with Crippen LogP contribution in [0.25, 0.3) is 0 Å². The monoisotopic (exact) mass is 689 g/mol. The zero-order valence-corrected chi connectivity index (χ0v) is 30.3. The van der Waals surface area contributed by atoms with Gasteiger partial charge in [-0.1, -0.05) is 88.5 Å². The van der Waals surface area contributed by atoms with Crippen molar-refractivity contribution < 1.29 is 29.3 Å². The summed E-state index contributed by atoms with van der Waals surface area (Å²) < 4.78 is 6.22. The molecule has 0 radical (unpaired) electrons. The number of aromatic hydroxyl groups is 2. The van der Waals surface area contributed by atoms with Crippen molar-refractivity contribution in [3.8, 4) is 11.5 Å². The van der Waals surface area contributed by atoms with Crippen molar-refractivity contribution in [3.63, 3.8) is 0 Å². The number of ether oxygens (including phenoxy) is 1. The number of phenolic OH excluding ortho intramolecular Hbond substituents is 2. The highest BCUT2D eigenvalue weighted by atomic mass is 16.5. The Morgan fingerprint density at radius 3 is 2.28 bits per heavy atom. The van der Waals surface area contributed by atoms with Crippen molar-refractivity contribution >= 4 is 17.8 Å². The molecule has 5 rings (SSSR count). The number of nitrogens with zero attached hydrogens (tertiary/aromatic N) is 2. The van der Waals surface area contributed by atoms with Gasteiger partial charge >= 0.3 is 5.97 Å². The Balaban J connectivity index is 1.38. The lowest BCUT2D eigenvalue weighted by atomic mass is 9.66. The van der Waals surface area contributed by atoms with E-state index < -0.39 is 30.0 Å². The Morgan fingerprint density at radius 2 is 1.66 bits per heavy atom. The van der Waals surface area contributed by atoms with Gasteiger partial charge in [0.1, 0.15) is 12.1 Å². The summed E-state index contributed by atoms with van der Waals surface area (Å²) in [5.74, 6) is -2.17. The number of esters is 1. The van der Waals surface area contributed by atoms with E-state index in [-0.39, 0.29) is 52.6 Å². The number of hydrogen-bond acceptors (Lipinski definition) is 8. The summed E-state index contributed by atoms with van der Waals surface area (Å²) in [5, 5.41) is 25.6. The van der Waals surface area contributed by atoms with Gasteiger partial charge in [-0.25, -0.2) is 4.79 Å². The number of phenols is 2. The topological polar surface area (TPSA) is 146 Å². The molecule has 3 N–H and O–H groups in total. The number of amides is 2. The molecule has 1 aliphatic heterocycles. The molecule has 3 aliphatic rings. The zero-order chi connectivity index (χ0) is 36.2. The van der Waals surface area contributed by atoms with E-state index in [4.69, 9.17) is 4.74 Å². The molecule has 1 saturated heterocycles. The van der Waals surface area contributed by atoms with Crippen LogP contribution >= 0.6 is 0 Å². The van der Waals surface area contributed by atoms with Crippen molar-refractivity contribution in [1.82, 2.24) is 10.2 Å². The molecule has 2 aromatic carbocycles. The number of nitrogens with one attached hydrogen (secondary N) is 1. The summed E-state index contributed by atoms with van der Waals surface area (Å²) in [5.41, 5.74) is 1.68. The van der Waals surface area contributed by atoms with Gasteiger partial charge in [0.05, 0.1) is 6.10 Å². The van der Waals surface area contributed by atoms with Crippen molar-refractivity contribution in [2.75, 3.05) is 6.54 Å². The minimum Gasteiger partial charge on any atom is -0.504 e. The van der Waals surface area contributed by atoms with E-state index in [9.17, 15) is 29.5 Å². The van der Waals surface area contributed by atoms with Gasteiger partial charge in [0, 0.05) is 18.9 Å². The van der Waals surface area contributed by atoms with Crippen LogP contribution < -0.4 is 5.32 Å². The predicted molar refractivity (Wildman–Crippen MR) is 191 cm³/mol. The number of carbonyl (C=O) groups excluding carboxylic acids is 3. The number of nitroso groups, excluding NO2 is 1. The minimum absolute atomic E-state index is 0.0952. The van der Waals surface area contributed by atoms with E-state index in [0.717, 1.165) is 56.9 Å². The molecule has 0 aromatic heterocycles. The maximum Gasteiger partial charge on any atom is 0.329 e. The van der Waals surface area contributed by atoms with Crippen LogP contribution in [0.3, 0.4) is 0 Å². The predicted octanol–water partition coefficient (Wildman–Crippen LogP) is 7.01. The summed E-state index contributed by atoms with van der Waals surface area (Å²) in [6.07, 6.45) is 7.41. The third-order valence-corrected chi connectivity index (χ3v) is 12.6. The van der Waals surface area contributed by atoms with E-state index in [1.165, 1.54) is 18.2 Å². The summed E-state index contributed by atoms with van der Waals surface area (Å²) >= 11 is 0. The fourth-order valence-corrected chi connectivity index (χ4v) is 8.65. The fraction of sp³-hybridized carbons (Fsp3) is 0.625. The Labute approximate surface area is 296 Å². The molecule has 2 amide bonds. The average Bonchev–Trinajstić information content (AvgIpc) is 3.63. The van der Waals surface area contributed by atoms with Gasteiger partial charge in [-0.05, 0) is 91.4 Å². The van der Waals surface area contributed by atoms with Crippen molar-refractivity contribution in [2.45, 2.75) is 129 Å². The SMILES string of the molecule is CC(CC1CCC(C)(C)C1(C)C)OC(=O)C1C(c2ccccc2)CCN1C(=O)C(NC(=O)C(Cc1ccc(O)c(O)c1)N=O)C1CCCCC1. The van der Waals surface area contributed by atoms with Gasteiger partial charge in [0.15, 0.2) is 17.5 Å². The molecule has 6 atom stereocenters. The molecule has 50 heavy (non-hydrogen) atoms. The molecule has 2 aromatic rings. The average molecular weight is 690 g/mol. The molecule has 2 aliphatic carbocycles. The lowest BCUT2D eigenvalue weighted by molar-refractivity contribution is -0.160. The second-order valence-electron chi connectivity index (χ2n) is 16.1. The standard InChI is InChI=1S/C40H55N3O7/c1-25(22-29-18-20-39(2,3)40(29,4)5)50-38(48)35-30(27-12-8-6-9-13-27)19-21-43(35)37(47)34(28-14-10-7-11-15-28)41-36(46)31(42-49)23-26-16-17-32(44)33(45)24-26/h6,8-9,12-13,16-17,24-25,28-31,34-35,44-45H,7,10-11,14-15,18-23H2,1-5H3,(H,41,46). The molecule has 6 unspecified atom stereocenters. The van der Waals surface area contributed by atoms with Crippen LogP contribution in [-0.2, 0) is 25.5 Å². The highest BCUT2D eigenvalue weighted by molar-refractivity contribution is 5.93. The third-order valence-electron chi connectivity index (χ3n) is 12.6. The van der Waals surface area contributed by atoms with E-state index in [1.54, 1.807) is 4.90 Å². The molecule has 2 saturated carbocycles. The molecule has 10 heteroatoms. The maximum absolute atomic E-state index is 14.7. The lowest BCUT2D eigenvalue weighted by Crippen LogP contribution is -2.57. The molecule has 3 fully saturated rings. The van der Waals surface area contributed by atoms with Gasteiger partial charge < -0.3 is 25.2 Å². The zero-order valence-electron chi connectivity index (χ0n) is 30.3. The summed E-state index contributed by atoms with van der Waals surface area (Å²) in [6.45, 7) is 11.5. The number of benzene rings is 2. The van der Waals surface area contributed by atoms with Crippen molar-refractivity contribution in [3.05, 3.63) is 64.6 Å². The number of carbonyl (C=O) groups is 3. The second-order valence-corrected chi connectivity index (χ2v) is 16.1. The molecule has 0 bridgehead atoms. The number of rotatable bonds is 12. The van der Waals surface area contributed by atoms with Gasteiger partial charge in [-0.15, -0.1) is 4.91 Å². The highest BCUT2D eigenvalue weighted by Gasteiger charge is 2.50. The van der Waals surface area contributed by atoms with Crippen LogP contribution in [0.5, 0.6) is 11.5 Å². The van der Waals surface area contributed by atoms with E-state index in [1.807, 2.05) is 37.3 Å².